The van der Waals surface area contributed by atoms with Crippen LogP contribution in [0.3, 0.4) is 0 Å². The van der Waals surface area contributed by atoms with Crippen LogP contribution in [0.25, 0.3) is 0 Å². The number of allylic oxidation sites excluding steroid dienone is 8. The van der Waals surface area contributed by atoms with Crippen LogP contribution >= 0.6 is 0 Å². The molecule has 0 aromatic rings. The summed E-state index contributed by atoms with van der Waals surface area (Å²) >= 11 is 0. The SMILES string of the molecule is CC/C=C\C/C=C\C/C=C\C/C=C\CCCCCCCCC(=O)OC(COCCCCCCCCCCCCCC)COC1OC(CO)C(O)C(O)C1O. The number of carbonyl (C=O) groups excluding carboxylic acids is 1. The van der Waals surface area contributed by atoms with Gasteiger partial charge in [0.25, 0.3) is 0 Å². The molecule has 0 bridgehead atoms. The number of aliphatic hydroxyl groups excluding tert-OH is 4. The normalized spacial score (nSPS) is 21.3. The van der Waals surface area contributed by atoms with E-state index in [9.17, 15) is 25.2 Å². The molecule has 6 atom stereocenters. The minimum Gasteiger partial charge on any atom is -0.457 e. The number of esters is 1. The topological polar surface area (TPSA) is 135 Å². The van der Waals surface area contributed by atoms with E-state index in [1.807, 2.05) is 0 Å². The van der Waals surface area contributed by atoms with Crippen molar-refractivity contribution < 1.29 is 44.2 Å². The van der Waals surface area contributed by atoms with Gasteiger partial charge in [-0.05, 0) is 51.4 Å². The van der Waals surface area contributed by atoms with Crippen molar-refractivity contribution in [3.8, 4) is 0 Å². The molecule has 0 saturated carbocycles. The van der Waals surface area contributed by atoms with E-state index in [1.165, 1.54) is 77.0 Å². The number of unbranched alkanes of at least 4 members (excludes halogenated alkanes) is 17. The first kappa shape index (κ1) is 50.2. The van der Waals surface area contributed by atoms with Gasteiger partial charge in [0.1, 0.15) is 30.5 Å². The maximum Gasteiger partial charge on any atom is 0.306 e. The Morgan fingerprint density at radius 3 is 1.70 bits per heavy atom. The smallest absolute Gasteiger partial charge is 0.306 e. The Labute approximate surface area is 329 Å². The second kappa shape index (κ2) is 36.8. The van der Waals surface area contributed by atoms with E-state index in [2.05, 4.69) is 62.5 Å². The van der Waals surface area contributed by atoms with E-state index in [0.29, 0.717) is 13.0 Å². The van der Waals surface area contributed by atoms with Gasteiger partial charge >= 0.3 is 5.97 Å². The zero-order valence-corrected chi connectivity index (χ0v) is 34.2. The van der Waals surface area contributed by atoms with Gasteiger partial charge in [-0.25, -0.2) is 0 Å². The summed E-state index contributed by atoms with van der Waals surface area (Å²) in [5, 5.41) is 40.0. The fourth-order valence-electron chi connectivity index (χ4n) is 6.36. The number of carbonyl (C=O) groups is 1. The highest BCUT2D eigenvalue weighted by Gasteiger charge is 2.44. The van der Waals surface area contributed by atoms with Crippen molar-refractivity contribution >= 4 is 5.97 Å². The summed E-state index contributed by atoms with van der Waals surface area (Å²) in [7, 11) is 0. The molecule has 1 rings (SSSR count). The van der Waals surface area contributed by atoms with Crippen LogP contribution in [0.15, 0.2) is 48.6 Å². The molecule has 4 N–H and O–H groups in total. The van der Waals surface area contributed by atoms with Crippen molar-refractivity contribution in [2.75, 3.05) is 26.4 Å². The fourth-order valence-corrected chi connectivity index (χ4v) is 6.36. The molecule has 1 heterocycles. The molecule has 54 heavy (non-hydrogen) atoms. The summed E-state index contributed by atoms with van der Waals surface area (Å²) in [6.07, 6.45) is 37.0. The van der Waals surface area contributed by atoms with Gasteiger partial charge in [-0.2, -0.15) is 0 Å². The zero-order valence-electron chi connectivity index (χ0n) is 34.2. The van der Waals surface area contributed by atoms with Crippen molar-refractivity contribution in [1.29, 1.82) is 0 Å². The summed E-state index contributed by atoms with van der Waals surface area (Å²) in [6, 6.07) is 0. The van der Waals surface area contributed by atoms with Crippen LogP contribution in [0.1, 0.15) is 168 Å². The van der Waals surface area contributed by atoms with Crippen LogP contribution in [-0.4, -0.2) is 89.6 Å². The standard InChI is InChI=1S/C45H80O9/c1-3-5-7-9-11-13-15-17-18-19-20-21-22-23-24-26-28-30-32-34-41(47)53-39(38-52-45-44(50)43(49)42(48)40(36-46)54-45)37-51-35-33-31-29-27-25-16-14-12-10-8-6-4-2/h5,7,11,13,17-18,20-21,39-40,42-46,48-50H,3-4,6,8-10,12,14-16,19,22-38H2,1-2H3/b7-5-,13-11-,18-17-,21-20-. The van der Waals surface area contributed by atoms with Gasteiger partial charge in [-0.3, -0.25) is 4.79 Å². The number of rotatable bonds is 36. The first-order valence-electron chi connectivity index (χ1n) is 21.7. The van der Waals surface area contributed by atoms with Gasteiger partial charge in [0.05, 0.1) is 19.8 Å². The van der Waals surface area contributed by atoms with Gasteiger partial charge in [-0.1, -0.05) is 159 Å². The molecule has 0 spiro atoms. The predicted molar refractivity (Wildman–Crippen MR) is 219 cm³/mol. The second-order valence-electron chi connectivity index (χ2n) is 14.8. The van der Waals surface area contributed by atoms with Crippen LogP contribution in [-0.2, 0) is 23.7 Å². The third-order valence-corrected chi connectivity index (χ3v) is 9.76. The highest BCUT2D eigenvalue weighted by Crippen LogP contribution is 2.22. The Morgan fingerprint density at radius 1 is 0.611 bits per heavy atom. The van der Waals surface area contributed by atoms with Gasteiger partial charge in [0.2, 0.25) is 0 Å². The van der Waals surface area contributed by atoms with Crippen LogP contribution in [0.4, 0.5) is 0 Å². The predicted octanol–water partition coefficient (Wildman–Crippen LogP) is 9.36. The second-order valence-corrected chi connectivity index (χ2v) is 14.8. The molecule has 6 unspecified atom stereocenters. The van der Waals surface area contributed by atoms with E-state index in [-0.39, 0.29) is 19.2 Å². The van der Waals surface area contributed by atoms with Crippen LogP contribution in [0, 0.1) is 0 Å². The zero-order chi connectivity index (χ0) is 39.3. The lowest BCUT2D eigenvalue weighted by molar-refractivity contribution is -0.305. The average Bonchev–Trinajstić information content (AvgIpc) is 3.17. The number of aliphatic hydroxyl groups is 4. The summed E-state index contributed by atoms with van der Waals surface area (Å²) in [5.74, 6) is -0.328. The van der Waals surface area contributed by atoms with Crippen LogP contribution in [0.5, 0.6) is 0 Å². The monoisotopic (exact) mass is 765 g/mol. The molecular formula is C45H80O9. The van der Waals surface area contributed by atoms with E-state index in [1.54, 1.807) is 0 Å². The van der Waals surface area contributed by atoms with E-state index >= 15 is 0 Å². The lowest BCUT2D eigenvalue weighted by Crippen LogP contribution is -2.59. The minimum absolute atomic E-state index is 0.119. The Morgan fingerprint density at radius 2 is 1.13 bits per heavy atom. The molecular weight excluding hydrogens is 684 g/mol. The van der Waals surface area contributed by atoms with Crippen molar-refractivity contribution in [2.24, 2.45) is 0 Å². The van der Waals surface area contributed by atoms with E-state index in [4.69, 9.17) is 18.9 Å². The third kappa shape index (κ3) is 27.7. The largest absolute Gasteiger partial charge is 0.457 e. The molecule has 0 aromatic carbocycles. The molecule has 0 aliphatic carbocycles. The third-order valence-electron chi connectivity index (χ3n) is 9.76. The van der Waals surface area contributed by atoms with Crippen molar-refractivity contribution in [3.05, 3.63) is 48.6 Å². The maximum atomic E-state index is 12.8. The Balaban J connectivity index is 2.28. The molecule has 1 fully saturated rings. The molecule has 0 amide bonds. The molecule has 9 heteroatoms. The Bertz CT molecular complexity index is 963. The van der Waals surface area contributed by atoms with Gasteiger partial charge in [0.15, 0.2) is 6.29 Å². The molecule has 1 saturated heterocycles. The van der Waals surface area contributed by atoms with Crippen molar-refractivity contribution in [2.45, 2.75) is 205 Å². The van der Waals surface area contributed by atoms with Gasteiger partial charge in [0, 0.05) is 13.0 Å². The molecule has 9 nitrogen and oxygen atoms in total. The van der Waals surface area contributed by atoms with Crippen LogP contribution in [0.2, 0.25) is 0 Å². The van der Waals surface area contributed by atoms with E-state index < -0.39 is 43.4 Å². The van der Waals surface area contributed by atoms with E-state index in [0.717, 1.165) is 70.6 Å². The highest BCUT2D eigenvalue weighted by atomic mass is 16.7. The fraction of sp³-hybridized carbons (Fsp3) is 0.800. The van der Waals surface area contributed by atoms with Crippen molar-refractivity contribution in [1.82, 2.24) is 0 Å². The average molecular weight is 765 g/mol. The first-order chi connectivity index (χ1) is 26.4. The highest BCUT2D eigenvalue weighted by molar-refractivity contribution is 5.69. The lowest BCUT2D eigenvalue weighted by atomic mass is 9.99. The number of hydrogen-bond donors (Lipinski definition) is 4. The quantitative estimate of drug-likeness (QED) is 0.0280. The maximum absolute atomic E-state index is 12.8. The summed E-state index contributed by atoms with van der Waals surface area (Å²) in [4.78, 5) is 12.8. The molecule has 1 aliphatic heterocycles. The molecule has 0 radical (unpaired) electrons. The summed E-state index contributed by atoms with van der Waals surface area (Å²) in [6.45, 7) is 4.42. The minimum atomic E-state index is -1.54. The first-order valence-corrected chi connectivity index (χ1v) is 21.7. The Hall–Kier alpha value is -1.85. The van der Waals surface area contributed by atoms with Crippen molar-refractivity contribution in [3.63, 3.8) is 0 Å². The van der Waals surface area contributed by atoms with Crippen LogP contribution < -0.4 is 0 Å². The molecule has 314 valence electrons. The summed E-state index contributed by atoms with van der Waals surface area (Å²) < 4.78 is 22.8. The number of hydrogen-bond acceptors (Lipinski definition) is 9. The molecule has 1 aliphatic rings. The Kier molecular flexibility index (Phi) is 34.2. The summed E-state index contributed by atoms with van der Waals surface area (Å²) in [5.41, 5.74) is 0. The van der Waals surface area contributed by atoms with Gasteiger partial charge in [-0.15, -0.1) is 0 Å². The lowest BCUT2D eigenvalue weighted by Gasteiger charge is -2.39. The molecule has 0 aromatic heterocycles. The van der Waals surface area contributed by atoms with Gasteiger partial charge < -0.3 is 39.4 Å². The number of ether oxygens (including phenoxy) is 4.